The first-order chi connectivity index (χ1) is 8.55. The van der Waals surface area contributed by atoms with Crippen LogP contribution in [0.25, 0.3) is 0 Å². The molecular weight excluding hydrogens is 230 g/mol. The molecule has 1 aromatic rings. The molecule has 4 heteroatoms. The van der Waals surface area contributed by atoms with Crippen LogP contribution in [0.1, 0.15) is 44.6 Å². The lowest BCUT2D eigenvalue weighted by atomic mass is 9.54. The molecule has 0 bridgehead atoms. The summed E-state index contributed by atoms with van der Waals surface area (Å²) >= 11 is 0. The van der Waals surface area contributed by atoms with Crippen LogP contribution >= 0.6 is 0 Å². The van der Waals surface area contributed by atoms with Gasteiger partial charge in [0.05, 0.1) is 4.92 Å². The number of benzene rings is 1. The van der Waals surface area contributed by atoms with Crippen molar-refractivity contribution in [2.75, 3.05) is 0 Å². The Kier molecular flexibility index (Phi) is 3.20. The third kappa shape index (κ3) is 1.72. The van der Waals surface area contributed by atoms with E-state index in [4.69, 9.17) is 0 Å². The minimum Gasteiger partial charge on any atom is -0.299 e. The van der Waals surface area contributed by atoms with Gasteiger partial charge in [0, 0.05) is 29.9 Å². The highest BCUT2D eigenvalue weighted by atomic mass is 16.6. The second kappa shape index (κ2) is 4.52. The van der Waals surface area contributed by atoms with E-state index >= 15 is 0 Å². The first-order valence-electron chi connectivity index (χ1n) is 6.32. The summed E-state index contributed by atoms with van der Waals surface area (Å²) in [5.41, 5.74) is 0.732. The number of ketones is 1. The maximum absolute atomic E-state index is 11.9. The number of hydrogen-bond acceptors (Lipinski definition) is 3. The highest BCUT2D eigenvalue weighted by molar-refractivity contribution is 5.93. The van der Waals surface area contributed by atoms with E-state index < -0.39 is 0 Å². The number of non-ortho nitro benzene ring substituents is 1. The predicted octanol–water partition coefficient (Wildman–Crippen LogP) is 3.46. The molecule has 0 N–H and O–H groups in total. The molecule has 18 heavy (non-hydrogen) atoms. The molecule has 1 aliphatic rings. The molecule has 0 saturated heterocycles. The van der Waals surface area contributed by atoms with Crippen LogP contribution in [0.4, 0.5) is 5.69 Å². The molecular formula is C14H17NO3. The van der Waals surface area contributed by atoms with Gasteiger partial charge in [0.15, 0.2) is 0 Å². The molecule has 0 radical (unpaired) electrons. The van der Waals surface area contributed by atoms with Gasteiger partial charge in [0.2, 0.25) is 0 Å². The summed E-state index contributed by atoms with van der Waals surface area (Å²) in [5, 5.41) is 10.8. The molecule has 1 aromatic carbocycles. The fourth-order valence-electron chi connectivity index (χ4n) is 3.08. The van der Waals surface area contributed by atoms with E-state index in [2.05, 4.69) is 0 Å². The van der Waals surface area contributed by atoms with Crippen LogP contribution in [0.15, 0.2) is 24.3 Å². The van der Waals surface area contributed by atoms with Crippen LogP contribution in [-0.2, 0) is 4.79 Å². The molecule has 96 valence electrons. The lowest BCUT2D eigenvalue weighted by molar-refractivity contribution is -0.385. The second-order valence-electron chi connectivity index (χ2n) is 4.90. The molecule has 1 aliphatic carbocycles. The first kappa shape index (κ1) is 12.7. The van der Waals surface area contributed by atoms with Crippen molar-refractivity contribution in [3.8, 4) is 0 Å². The standard InChI is InChI=1S/C14H17NO3/c1-3-14(4-2)12(9-13(14)16)10-6-5-7-11(8-10)15(17)18/h5-8,12H,3-4,9H2,1-2H3. The normalized spacial score (nSPS) is 21.4. The van der Waals surface area contributed by atoms with Gasteiger partial charge in [-0.2, -0.15) is 0 Å². The molecule has 2 rings (SSSR count). The minimum atomic E-state index is -0.385. The summed E-state index contributed by atoms with van der Waals surface area (Å²) in [6.07, 6.45) is 2.12. The van der Waals surface area contributed by atoms with E-state index in [1.807, 2.05) is 19.9 Å². The van der Waals surface area contributed by atoms with Crippen molar-refractivity contribution in [1.29, 1.82) is 0 Å². The van der Waals surface area contributed by atoms with Crippen molar-refractivity contribution in [3.05, 3.63) is 39.9 Å². The highest BCUT2D eigenvalue weighted by Crippen LogP contribution is 2.54. The Labute approximate surface area is 106 Å². The van der Waals surface area contributed by atoms with Gasteiger partial charge in [0.1, 0.15) is 5.78 Å². The summed E-state index contributed by atoms with van der Waals surface area (Å²) in [5.74, 6) is 0.434. The molecule has 1 fully saturated rings. The number of nitro benzene ring substituents is 1. The number of rotatable bonds is 4. The lowest BCUT2D eigenvalue weighted by Crippen LogP contribution is -2.47. The third-order valence-electron chi connectivity index (χ3n) is 4.36. The number of nitro groups is 1. The van der Waals surface area contributed by atoms with Crippen LogP contribution in [0.5, 0.6) is 0 Å². The van der Waals surface area contributed by atoms with Gasteiger partial charge >= 0.3 is 0 Å². The van der Waals surface area contributed by atoms with Gasteiger partial charge in [-0.25, -0.2) is 0 Å². The zero-order valence-corrected chi connectivity index (χ0v) is 10.7. The SMILES string of the molecule is CCC1(CC)C(=O)CC1c1cccc([N+](=O)[O-])c1. The summed E-state index contributed by atoms with van der Waals surface area (Å²) in [4.78, 5) is 22.3. The molecule has 1 atom stereocenters. The van der Waals surface area contributed by atoms with Crippen molar-refractivity contribution in [1.82, 2.24) is 0 Å². The van der Waals surface area contributed by atoms with Crippen LogP contribution in [0.2, 0.25) is 0 Å². The maximum atomic E-state index is 11.9. The van der Waals surface area contributed by atoms with Crippen molar-refractivity contribution >= 4 is 11.5 Å². The number of carbonyl (C=O) groups is 1. The topological polar surface area (TPSA) is 60.2 Å². The van der Waals surface area contributed by atoms with Gasteiger partial charge in [-0.15, -0.1) is 0 Å². The van der Waals surface area contributed by atoms with Gasteiger partial charge < -0.3 is 0 Å². The number of nitrogens with zero attached hydrogens (tertiary/aromatic N) is 1. The van der Waals surface area contributed by atoms with Crippen LogP contribution in [-0.4, -0.2) is 10.7 Å². The van der Waals surface area contributed by atoms with Crippen LogP contribution < -0.4 is 0 Å². The lowest BCUT2D eigenvalue weighted by Gasteiger charge is -2.47. The Balaban J connectivity index is 2.35. The Morgan fingerprint density at radius 3 is 2.56 bits per heavy atom. The summed E-state index contributed by atoms with van der Waals surface area (Å²) in [6.45, 7) is 4.04. The van der Waals surface area contributed by atoms with Crippen molar-refractivity contribution in [2.45, 2.75) is 39.0 Å². The average molecular weight is 247 g/mol. The molecule has 4 nitrogen and oxygen atoms in total. The largest absolute Gasteiger partial charge is 0.299 e. The van der Waals surface area contributed by atoms with Crippen molar-refractivity contribution in [3.63, 3.8) is 0 Å². The minimum absolute atomic E-state index is 0.105. The number of Topliss-reactive ketones (excluding diaryl/α,β-unsaturated/α-hetero) is 1. The van der Waals surface area contributed by atoms with Crippen LogP contribution in [0.3, 0.4) is 0 Å². The van der Waals surface area contributed by atoms with Crippen LogP contribution in [0, 0.1) is 15.5 Å². The summed E-state index contributed by atoms with van der Waals surface area (Å²) < 4.78 is 0. The molecule has 0 amide bonds. The van der Waals surface area contributed by atoms with E-state index in [9.17, 15) is 14.9 Å². The number of hydrogen-bond donors (Lipinski definition) is 0. The van der Waals surface area contributed by atoms with Gasteiger partial charge in [0.25, 0.3) is 5.69 Å². The molecule has 0 spiro atoms. The van der Waals surface area contributed by atoms with Gasteiger partial charge in [-0.3, -0.25) is 14.9 Å². The quantitative estimate of drug-likeness (QED) is 0.604. The van der Waals surface area contributed by atoms with E-state index in [1.165, 1.54) is 6.07 Å². The Morgan fingerprint density at radius 1 is 1.39 bits per heavy atom. The average Bonchev–Trinajstić information content (AvgIpc) is 2.37. The fraction of sp³-hybridized carbons (Fsp3) is 0.500. The van der Waals surface area contributed by atoms with Crippen molar-refractivity contribution in [2.24, 2.45) is 5.41 Å². The monoisotopic (exact) mass is 247 g/mol. The fourth-order valence-corrected chi connectivity index (χ4v) is 3.08. The van der Waals surface area contributed by atoms with Gasteiger partial charge in [-0.1, -0.05) is 26.0 Å². The predicted molar refractivity (Wildman–Crippen MR) is 68.5 cm³/mol. The maximum Gasteiger partial charge on any atom is 0.269 e. The first-order valence-corrected chi connectivity index (χ1v) is 6.32. The Bertz CT molecular complexity index is 492. The molecule has 1 saturated carbocycles. The second-order valence-corrected chi connectivity index (χ2v) is 4.90. The van der Waals surface area contributed by atoms with E-state index in [0.29, 0.717) is 12.2 Å². The smallest absolute Gasteiger partial charge is 0.269 e. The number of carbonyl (C=O) groups excluding carboxylic acids is 1. The van der Waals surface area contributed by atoms with Crippen molar-refractivity contribution < 1.29 is 9.72 Å². The molecule has 0 heterocycles. The summed E-state index contributed by atoms with van der Waals surface area (Å²) in [6, 6.07) is 6.69. The summed E-state index contributed by atoms with van der Waals surface area (Å²) in [7, 11) is 0. The zero-order valence-electron chi connectivity index (χ0n) is 10.7. The van der Waals surface area contributed by atoms with E-state index in [1.54, 1.807) is 12.1 Å². The van der Waals surface area contributed by atoms with E-state index in [-0.39, 0.29) is 21.9 Å². The zero-order chi connectivity index (χ0) is 13.3. The van der Waals surface area contributed by atoms with E-state index in [0.717, 1.165) is 18.4 Å². The Hall–Kier alpha value is -1.71. The Morgan fingerprint density at radius 2 is 2.06 bits per heavy atom. The third-order valence-corrected chi connectivity index (χ3v) is 4.36. The molecule has 0 aliphatic heterocycles. The molecule has 0 aromatic heterocycles. The highest BCUT2D eigenvalue weighted by Gasteiger charge is 2.52. The van der Waals surface area contributed by atoms with Gasteiger partial charge in [-0.05, 0) is 18.4 Å². The molecule has 1 unspecified atom stereocenters.